The fourth-order valence-corrected chi connectivity index (χ4v) is 3.55. The van der Waals surface area contributed by atoms with Crippen LogP contribution in [0.2, 0.25) is 0 Å². The van der Waals surface area contributed by atoms with E-state index in [1.54, 1.807) is 0 Å². The molecule has 0 atom stereocenters. The molecule has 0 saturated heterocycles. The van der Waals surface area contributed by atoms with E-state index in [1.165, 1.54) is 18.3 Å². The molecule has 4 nitrogen and oxygen atoms in total. The van der Waals surface area contributed by atoms with Gasteiger partial charge in [-0.2, -0.15) is 0 Å². The number of benzene rings is 1. The van der Waals surface area contributed by atoms with Gasteiger partial charge in [0.25, 0.3) is 5.91 Å². The van der Waals surface area contributed by atoms with Crippen LogP contribution in [0.25, 0.3) is 0 Å². The third-order valence-electron chi connectivity index (χ3n) is 3.38. The highest BCUT2D eigenvalue weighted by atomic mass is 32.1. The monoisotopic (exact) mass is 316 g/mol. The van der Waals surface area contributed by atoms with E-state index in [9.17, 15) is 9.59 Å². The van der Waals surface area contributed by atoms with Crippen molar-refractivity contribution in [1.82, 2.24) is 5.32 Å². The second-order valence-electron chi connectivity index (χ2n) is 5.04. The first-order valence-electron chi connectivity index (χ1n) is 7.24. The second-order valence-corrected chi connectivity index (χ2v) is 6.27. The Morgan fingerprint density at radius 3 is 2.45 bits per heavy atom. The highest BCUT2D eigenvalue weighted by Gasteiger charge is 2.21. The quantitative estimate of drug-likeness (QED) is 0.887. The first kappa shape index (κ1) is 16.2. The van der Waals surface area contributed by atoms with Crippen LogP contribution in [-0.2, 0) is 17.8 Å². The minimum absolute atomic E-state index is 0.145. The number of anilines is 1. The van der Waals surface area contributed by atoms with Crippen molar-refractivity contribution in [2.24, 2.45) is 0 Å². The lowest BCUT2D eigenvalue weighted by Gasteiger charge is -2.09. The summed E-state index contributed by atoms with van der Waals surface area (Å²) < 4.78 is 0. The topological polar surface area (TPSA) is 58.2 Å². The predicted octanol–water partition coefficient (Wildman–Crippen LogP) is 3.51. The predicted molar refractivity (Wildman–Crippen MR) is 90.3 cm³/mol. The molecule has 2 aromatic rings. The van der Waals surface area contributed by atoms with Crippen molar-refractivity contribution in [2.75, 3.05) is 5.32 Å². The highest BCUT2D eigenvalue weighted by molar-refractivity contribution is 7.16. The van der Waals surface area contributed by atoms with E-state index in [-0.39, 0.29) is 11.8 Å². The van der Waals surface area contributed by atoms with Gasteiger partial charge in [-0.05, 0) is 24.5 Å². The normalized spacial score (nSPS) is 10.3. The van der Waals surface area contributed by atoms with E-state index in [1.807, 2.05) is 44.2 Å². The molecule has 0 spiro atoms. The first-order valence-corrected chi connectivity index (χ1v) is 8.06. The fourth-order valence-electron chi connectivity index (χ4n) is 2.36. The molecule has 0 fully saturated rings. The number of carbonyl (C=O) groups is 2. The van der Waals surface area contributed by atoms with Crippen molar-refractivity contribution < 1.29 is 9.59 Å². The van der Waals surface area contributed by atoms with E-state index in [0.29, 0.717) is 17.1 Å². The molecule has 0 aliphatic carbocycles. The Morgan fingerprint density at radius 1 is 1.18 bits per heavy atom. The molecule has 5 heteroatoms. The molecule has 2 amide bonds. The molecule has 0 radical (unpaired) electrons. The van der Waals surface area contributed by atoms with Gasteiger partial charge in [0.05, 0.1) is 5.56 Å². The van der Waals surface area contributed by atoms with Crippen molar-refractivity contribution in [2.45, 2.75) is 33.7 Å². The van der Waals surface area contributed by atoms with Gasteiger partial charge in [0.1, 0.15) is 5.00 Å². The zero-order valence-corrected chi connectivity index (χ0v) is 13.8. The summed E-state index contributed by atoms with van der Waals surface area (Å²) in [6.07, 6.45) is 0.760. The molecule has 22 heavy (non-hydrogen) atoms. The summed E-state index contributed by atoms with van der Waals surface area (Å²) in [6.45, 7) is 5.91. The van der Waals surface area contributed by atoms with Gasteiger partial charge in [-0.3, -0.25) is 9.59 Å². The third-order valence-corrected chi connectivity index (χ3v) is 4.44. The van der Waals surface area contributed by atoms with Crippen LogP contribution >= 0.6 is 11.3 Å². The SMILES string of the molecule is CCc1c(C)sc(NC(C)=O)c1C(=O)NCc1ccccc1. The van der Waals surface area contributed by atoms with Crippen LogP contribution in [0.15, 0.2) is 30.3 Å². The molecule has 2 rings (SSSR count). The maximum Gasteiger partial charge on any atom is 0.254 e. The van der Waals surface area contributed by atoms with Crippen LogP contribution in [0.1, 0.15) is 40.2 Å². The fraction of sp³-hybridized carbons (Fsp3) is 0.294. The molecule has 0 unspecified atom stereocenters. The lowest BCUT2D eigenvalue weighted by molar-refractivity contribution is -0.114. The lowest BCUT2D eigenvalue weighted by atomic mass is 10.1. The van der Waals surface area contributed by atoms with Crippen LogP contribution in [0.3, 0.4) is 0 Å². The van der Waals surface area contributed by atoms with Crippen molar-refractivity contribution in [1.29, 1.82) is 0 Å². The molecule has 0 aliphatic heterocycles. The molecule has 1 aromatic carbocycles. The zero-order valence-electron chi connectivity index (χ0n) is 13.0. The molecule has 2 N–H and O–H groups in total. The molecule has 0 aliphatic rings. The van der Waals surface area contributed by atoms with E-state index in [4.69, 9.17) is 0 Å². The van der Waals surface area contributed by atoms with Crippen LogP contribution in [0, 0.1) is 6.92 Å². The standard InChI is InChI=1S/C17H20N2O2S/c1-4-14-11(2)22-17(19-12(3)20)15(14)16(21)18-10-13-8-6-5-7-9-13/h5-9H,4,10H2,1-3H3,(H,18,21)(H,19,20). The average Bonchev–Trinajstić information content (AvgIpc) is 2.80. The van der Waals surface area contributed by atoms with Gasteiger partial charge in [0, 0.05) is 18.3 Å². The Hall–Kier alpha value is -2.14. The molecular weight excluding hydrogens is 296 g/mol. The largest absolute Gasteiger partial charge is 0.348 e. The molecular formula is C17H20N2O2S. The smallest absolute Gasteiger partial charge is 0.254 e. The van der Waals surface area contributed by atoms with Crippen LogP contribution in [0.4, 0.5) is 5.00 Å². The van der Waals surface area contributed by atoms with Crippen LogP contribution < -0.4 is 10.6 Å². The van der Waals surface area contributed by atoms with E-state index in [2.05, 4.69) is 10.6 Å². The van der Waals surface area contributed by atoms with Crippen molar-refractivity contribution >= 4 is 28.2 Å². The van der Waals surface area contributed by atoms with Gasteiger partial charge < -0.3 is 10.6 Å². The zero-order chi connectivity index (χ0) is 16.1. The molecule has 0 saturated carbocycles. The van der Waals surface area contributed by atoms with Gasteiger partial charge in [-0.25, -0.2) is 0 Å². The number of hydrogen-bond donors (Lipinski definition) is 2. The van der Waals surface area contributed by atoms with Crippen LogP contribution in [-0.4, -0.2) is 11.8 Å². The molecule has 1 aromatic heterocycles. The van der Waals surface area contributed by atoms with Gasteiger partial charge in [0.2, 0.25) is 5.91 Å². The lowest BCUT2D eigenvalue weighted by Crippen LogP contribution is -2.24. The Bertz CT molecular complexity index is 677. The Kier molecular flexibility index (Phi) is 5.33. The van der Waals surface area contributed by atoms with E-state index >= 15 is 0 Å². The van der Waals surface area contributed by atoms with Gasteiger partial charge in [-0.15, -0.1) is 11.3 Å². The van der Waals surface area contributed by atoms with Crippen LogP contribution in [0.5, 0.6) is 0 Å². The average molecular weight is 316 g/mol. The number of amides is 2. The number of aryl methyl sites for hydroxylation is 1. The summed E-state index contributed by atoms with van der Waals surface area (Å²) in [5.74, 6) is -0.310. The number of thiophene rings is 1. The molecule has 1 heterocycles. The summed E-state index contributed by atoms with van der Waals surface area (Å²) in [5, 5.41) is 6.33. The molecule has 0 bridgehead atoms. The summed E-state index contributed by atoms with van der Waals surface area (Å²) >= 11 is 1.45. The molecule has 116 valence electrons. The first-order chi connectivity index (χ1) is 10.5. The minimum Gasteiger partial charge on any atom is -0.348 e. The minimum atomic E-state index is -0.166. The Labute approximate surface area is 134 Å². The number of nitrogens with one attached hydrogen (secondary N) is 2. The van der Waals surface area contributed by atoms with Gasteiger partial charge in [0.15, 0.2) is 0 Å². The van der Waals surface area contributed by atoms with E-state index in [0.717, 1.165) is 22.4 Å². The van der Waals surface area contributed by atoms with Crippen molar-refractivity contribution in [3.63, 3.8) is 0 Å². The maximum atomic E-state index is 12.6. The van der Waals surface area contributed by atoms with E-state index < -0.39 is 0 Å². The number of carbonyl (C=O) groups excluding carboxylic acids is 2. The number of hydrogen-bond acceptors (Lipinski definition) is 3. The Balaban J connectivity index is 2.22. The summed E-state index contributed by atoms with van der Waals surface area (Å²) in [6, 6.07) is 9.76. The summed E-state index contributed by atoms with van der Waals surface area (Å²) in [7, 11) is 0. The number of rotatable bonds is 5. The second kappa shape index (κ2) is 7.22. The maximum absolute atomic E-state index is 12.6. The van der Waals surface area contributed by atoms with Crippen molar-refractivity contribution in [3.05, 3.63) is 51.9 Å². The third kappa shape index (κ3) is 3.74. The highest BCUT2D eigenvalue weighted by Crippen LogP contribution is 2.33. The summed E-state index contributed by atoms with van der Waals surface area (Å²) in [4.78, 5) is 25.0. The Morgan fingerprint density at radius 2 is 1.86 bits per heavy atom. The van der Waals surface area contributed by atoms with Crippen molar-refractivity contribution in [3.8, 4) is 0 Å². The van der Waals surface area contributed by atoms with Gasteiger partial charge in [-0.1, -0.05) is 37.3 Å². The van der Waals surface area contributed by atoms with Gasteiger partial charge >= 0.3 is 0 Å². The summed E-state index contributed by atoms with van der Waals surface area (Å²) in [5.41, 5.74) is 2.64.